The van der Waals surface area contributed by atoms with Crippen molar-refractivity contribution < 1.29 is 14.3 Å². The van der Waals surface area contributed by atoms with E-state index in [1.54, 1.807) is 16.2 Å². The summed E-state index contributed by atoms with van der Waals surface area (Å²) in [6, 6.07) is 5.98. The lowest BCUT2D eigenvalue weighted by atomic mass is 9.97. The van der Waals surface area contributed by atoms with E-state index < -0.39 is 0 Å². The Hall–Kier alpha value is -2.41. The van der Waals surface area contributed by atoms with E-state index >= 15 is 0 Å². The summed E-state index contributed by atoms with van der Waals surface area (Å²) in [5.41, 5.74) is 4.04. The molecule has 2 aliphatic heterocycles. The van der Waals surface area contributed by atoms with Gasteiger partial charge in [-0.25, -0.2) is 9.78 Å². The Kier molecular flexibility index (Phi) is 4.34. The fourth-order valence-corrected chi connectivity index (χ4v) is 5.23. The van der Waals surface area contributed by atoms with Gasteiger partial charge in [0.05, 0.1) is 22.9 Å². The fourth-order valence-electron chi connectivity index (χ4n) is 4.08. The minimum atomic E-state index is -0.282. The van der Waals surface area contributed by atoms with Crippen molar-refractivity contribution in [1.29, 1.82) is 0 Å². The zero-order chi connectivity index (χ0) is 19.3. The average molecular weight is 398 g/mol. The zero-order valence-corrected chi connectivity index (χ0v) is 16.8. The molecule has 0 unspecified atom stereocenters. The number of aromatic nitrogens is 1. The first kappa shape index (κ1) is 17.7. The number of nitrogens with zero attached hydrogens (tertiary/aromatic N) is 3. The summed E-state index contributed by atoms with van der Waals surface area (Å²) >= 11 is 1.56. The Morgan fingerprint density at radius 1 is 1.32 bits per heavy atom. The lowest BCUT2D eigenvalue weighted by molar-refractivity contribution is 0.0738. The topological polar surface area (TPSA) is 62.7 Å². The minimum absolute atomic E-state index is 0.0775. The molecule has 28 heavy (non-hydrogen) atoms. The summed E-state index contributed by atoms with van der Waals surface area (Å²) in [6.07, 6.45) is 4.05. The van der Waals surface area contributed by atoms with Gasteiger partial charge in [0, 0.05) is 19.5 Å². The summed E-state index contributed by atoms with van der Waals surface area (Å²) in [7, 11) is 0. The van der Waals surface area contributed by atoms with Crippen LogP contribution in [0.5, 0.6) is 0 Å². The first-order valence-corrected chi connectivity index (χ1v) is 10.7. The van der Waals surface area contributed by atoms with E-state index in [9.17, 15) is 9.59 Å². The van der Waals surface area contributed by atoms with Crippen LogP contribution in [0.25, 0.3) is 0 Å². The Bertz CT molecular complexity index is 950. The van der Waals surface area contributed by atoms with Crippen LogP contribution in [0.2, 0.25) is 0 Å². The number of fused-ring (bicyclic) bond motifs is 1. The highest BCUT2D eigenvalue weighted by Crippen LogP contribution is 2.35. The number of aryl methyl sites for hydroxylation is 1. The largest absolute Gasteiger partial charge is 0.447 e. The number of benzene rings is 1. The van der Waals surface area contributed by atoms with Gasteiger partial charge in [-0.15, -0.1) is 11.3 Å². The van der Waals surface area contributed by atoms with Crippen molar-refractivity contribution >= 4 is 29.0 Å². The number of carbonyl (C=O) groups is 2. The van der Waals surface area contributed by atoms with Crippen molar-refractivity contribution in [3.05, 3.63) is 44.9 Å². The van der Waals surface area contributed by atoms with E-state index in [2.05, 4.69) is 11.1 Å². The first-order chi connectivity index (χ1) is 13.6. The van der Waals surface area contributed by atoms with Crippen molar-refractivity contribution in [1.82, 2.24) is 9.88 Å². The number of rotatable bonds is 4. The fraction of sp³-hybridized carbons (Fsp3) is 0.476. The van der Waals surface area contributed by atoms with Gasteiger partial charge in [-0.3, -0.25) is 9.69 Å². The van der Waals surface area contributed by atoms with Crippen molar-refractivity contribution in [3.63, 3.8) is 0 Å². The molecule has 0 radical (unpaired) electrons. The summed E-state index contributed by atoms with van der Waals surface area (Å²) in [5.74, 6) is 0.847. The van der Waals surface area contributed by atoms with Gasteiger partial charge in [-0.1, -0.05) is 12.1 Å². The number of hydrogen-bond donors (Lipinski definition) is 0. The maximum absolute atomic E-state index is 13.2. The van der Waals surface area contributed by atoms with E-state index in [4.69, 9.17) is 4.74 Å². The van der Waals surface area contributed by atoms with E-state index in [-0.39, 0.29) is 12.0 Å². The molecule has 0 spiro atoms. The van der Waals surface area contributed by atoms with Crippen LogP contribution in [-0.2, 0) is 24.1 Å². The lowest BCUT2D eigenvalue weighted by Crippen LogP contribution is -2.37. The zero-order valence-electron chi connectivity index (χ0n) is 15.9. The molecule has 1 saturated carbocycles. The number of anilines is 1. The number of carbonyl (C=O) groups excluding carboxylic acids is 2. The summed E-state index contributed by atoms with van der Waals surface area (Å²) in [5, 5.41) is 1.09. The molecular formula is C21H23N3O3S. The molecule has 2 fully saturated rings. The molecule has 2 amide bonds. The molecule has 2 aromatic rings. The summed E-state index contributed by atoms with van der Waals surface area (Å²) in [4.78, 5) is 34.2. The van der Waals surface area contributed by atoms with Gasteiger partial charge >= 0.3 is 6.09 Å². The van der Waals surface area contributed by atoms with Gasteiger partial charge in [0.1, 0.15) is 11.5 Å². The van der Waals surface area contributed by atoms with Crippen molar-refractivity contribution in [2.75, 3.05) is 24.6 Å². The highest BCUT2D eigenvalue weighted by molar-refractivity contribution is 7.13. The van der Waals surface area contributed by atoms with Crippen molar-refractivity contribution in [3.8, 4) is 0 Å². The predicted octanol–water partition coefficient (Wildman–Crippen LogP) is 3.56. The molecule has 3 heterocycles. The van der Waals surface area contributed by atoms with Gasteiger partial charge in [0.15, 0.2) is 0 Å². The SMILES string of the molecule is Cc1nc(CC2CC2)sc1C(=O)N1CCc2c(cccc2N2CCOC2=O)C1. The van der Waals surface area contributed by atoms with Crippen LogP contribution in [0.1, 0.15) is 44.3 Å². The van der Waals surface area contributed by atoms with Crippen LogP contribution < -0.4 is 4.90 Å². The third kappa shape index (κ3) is 3.17. The number of ether oxygens (including phenoxy) is 1. The Morgan fingerprint density at radius 3 is 2.93 bits per heavy atom. The molecular weight excluding hydrogens is 374 g/mol. The van der Waals surface area contributed by atoms with E-state index in [0.717, 1.165) is 51.2 Å². The molecule has 1 saturated heterocycles. The molecule has 3 aliphatic rings. The molecule has 6 nitrogen and oxygen atoms in total. The quantitative estimate of drug-likeness (QED) is 0.791. The Morgan fingerprint density at radius 2 is 2.18 bits per heavy atom. The Labute approximate surface area is 168 Å². The molecule has 1 aromatic heterocycles. The van der Waals surface area contributed by atoms with E-state index in [0.29, 0.717) is 26.2 Å². The number of thiazole rings is 1. The van der Waals surface area contributed by atoms with Crippen LogP contribution in [0.15, 0.2) is 18.2 Å². The second-order valence-corrected chi connectivity index (χ2v) is 8.91. The van der Waals surface area contributed by atoms with E-state index in [1.165, 1.54) is 12.8 Å². The van der Waals surface area contributed by atoms with Crippen LogP contribution in [0.4, 0.5) is 10.5 Å². The normalized spacial score (nSPS) is 19.0. The number of hydrogen-bond acceptors (Lipinski definition) is 5. The molecule has 1 aromatic carbocycles. The highest BCUT2D eigenvalue weighted by atomic mass is 32.1. The van der Waals surface area contributed by atoms with Crippen molar-refractivity contribution in [2.24, 2.45) is 5.92 Å². The molecule has 7 heteroatoms. The van der Waals surface area contributed by atoms with Crippen LogP contribution in [0, 0.1) is 12.8 Å². The number of amides is 2. The Balaban J connectivity index is 1.36. The third-order valence-electron chi connectivity index (χ3n) is 5.78. The van der Waals surface area contributed by atoms with Gasteiger partial charge in [0.25, 0.3) is 5.91 Å². The predicted molar refractivity (Wildman–Crippen MR) is 107 cm³/mol. The monoisotopic (exact) mass is 397 g/mol. The van der Waals surface area contributed by atoms with Gasteiger partial charge in [0.2, 0.25) is 0 Å². The van der Waals surface area contributed by atoms with Crippen LogP contribution in [0.3, 0.4) is 0 Å². The first-order valence-electron chi connectivity index (χ1n) is 9.91. The van der Waals surface area contributed by atoms with Gasteiger partial charge in [-0.2, -0.15) is 0 Å². The minimum Gasteiger partial charge on any atom is -0.447 e. The second kappa shape index (κ2) is 6.88. The molecule has 0 bridgehead atoms. The van der Waals surface area contributed by atoms with Gasteiger partial charge in [-0.05, 0) is 49.3 Å². The number of cyclic esters (lactones) is 1. The average Bonchev–Trinajstić information content (AvgIpc) is 3.29. The van der Waals surface area contributed by atoms with Crippen LogP contribution in [-0.4, -0.2) is 41.6 Å². The molecule has 1 aliphatic carbocycles. The van der Waals surface area contributed by atoms with Gasteiger partial charge < -0.3 is 9.64 Å². The summed E-state index contributed by atoms with van der Waals surface area (Å²) in [6.45, 7) is 4.18. The highest BCUT2D eigenvalue weighted by Gasteiger charge is 2.31. The van der Waals surface area contributed by atoms with Crippen LogP contribution >= 0.6 is 11.3 Å². The maximum atomic E-state index is 13.2. The lowest BCUT2D eigenvalue weighted by Gasteiger charge is -2.31. The maximum Gasteiger partial charge on any atom is 0.414 e. The molecule has 146 valence electrons. The molecule has 0 atom stereocenters. The molecule has 0 N–H and O–H groups in total. The second-order valence-electron chi connectivity index (χ2n) is 7.83. The smallest absolute Gasteiger partial charge is 0.414 e. The molecule has 5 rings (SSSR count). The standard InChI is InChI=1S/C21H23N3O3S/c1-13-19(28-18(22-13)11-14-5-6-14)20(25)23-8-7-16-15(12-23)3-2-4-17(16)24-9-10-27-21(24)26/h2-4,14H,5-12H2,1H3. The van der Waals surface area contributed by atoms with Crippen molar-refractivity contribution in [2.45, 2.75) is 39.2 Å². The van der Waals surface area contributed by atoms with E-state index in [1.807, 2.05) is 24.0 Å². The third-order valence-corrected chi connectivity index (χ3v) is 6.94. The summed E-state index contributed by atoms with van der Waals surface area (Å²) < 4.78 is 5.09.